The second-order valence-corrected chi connectivity index (χ2v) is 4.59. The number of carbonyl (C=O) groups is 2. The minimum absolute atomic E-state index is 0.0623. The third-order valence-corrected chi connectivity index (χ3v) is 2.41. The Labute approximate surface area is 118 Å². The fraction of sp³-hybridized carbons (Fsp3) is 0.333. The number of esters is 1. The molecule has 108 valence electrons. The topological polar surface area (TPSA) is 64.6 Å². The molecule has 0 fully saturated rings. The maximum atomic E-state index is 11.7. The Morgan fingerprint density at radius 3 is 2.45 bits per heavy atom. The first-order chi connectivity index (χ1) is 9.40. The summed E-state index contributed by atoms with van der Waals surface area (Å²) in [4.78, 5) is 22.5. The predicted molar refractivity (Wildman–Crippen MR) is 75.7 cm³/mol. The highest BCUT2D eigenvalue weighted by Gasteiger charge is 2.11. The standard InChI is InChI=1S/C15H19NO4/c1-5-14(17)19-9-12(4)16-15(18)20-13-7-10(2)6-11(3)8-13/h5-8,12H,1,9H2,2-4H3,(H,16,18). The summed E-state index contributed by atoms with van der Waals surface area (Å²) >= 11 is 0. The molecule has 0 saturated carbocycles. The normalized spacial score (nSPS) is 11.3. The number of benzene rings is 1. The summed E-state index contributed by atoms with van der Waals surface area (Å²) in [7, 11) is 0. The van der Waals surface area contributed by atoms with Crippen LogP contribution in [0.3, 0.4) is 0 Å². The second-order valence-electron chi connectivity index (χ2n) is 4.59. The van der Waals surface area contributed by atoms with Crippen molar-refractivity contribution < 1.29 is 19.1 Å². The van der Waals surface area contributed by atoms with E-state index in [1.165, 1.54) is 0 Å². The van der Waals surface area contributed by atoms with E-state index in [2.05, 4.69) is 11.9 Å². The molecule has 0 radical (unpaired) electrons. The molecule has 1 atom stereocenters. The van der Waals surface area contributed by atoms with Gasteiger partial charge in [-0.05, 0) is 44.0 Å². The van der Waals surface area contributed by atoms with Crippen LogP contribution in [-0.4, -0.2) is 24.7 Å². The molecule has 0 heterocycles. The second kappa shape index (κ2) is 7.33. The largest absolute Gasteiger partial charge is 0.460 e. The molecule has 0 bridgehead atoms. The van der Waals surface area contributed by atoms with Crippen molar-refractivity contribution in [1.82, 2.24) is 5.32 Å². The summed E-state index contributed by atoms with van der Waals surface area (Å²) in [5, 5.41) is 2.57. The quantitative estimate of drug-likeness (QED) is 0.663. The zero-order valence-corrected chi connectivity index (χ0v) is 11.9. The zero-order valence-electron chi connectivity index (χ0n) is 11.9. The van der Waals surface area contributed by atoms with E-state index in [1.807, 2.05) is 19.9 Å². The summed E-state index contributed by atoms with van der Waals surface area (Å²) in [5.41, 5.74) is 2.03. The SMILES string of the molecule is C=CC(=O)OCC(C)NC(=O)Oc1cc(C)cc(C)c1. The van der Waals surface area contributed by atoms with E-state index in [9.17, 15) is 9.59 Å². The number of carbonyl (C=O) groups excluding carboxylic acids is 2. The first-order valence-electron chi connectivity index (χ1n) is 6.26. The van der Waals surface area contributed by atoms with Crippen molar-refractivity contribution in [1.29, 1.82) is 0 Å². The molecular weight excluding hydrogens is 258 g/mol. The van der Waals surface area contributed by atoms with Crippen LogP contribution < -0.4 is 10.1 Å². The maximum Gasteiger partial charge on any atom is 0.412 e. The van der Waals surface area contributed by atoms with Gasteiger partial charge in [-0.15, -0.1) is 0 Å². The third-order valence-electron chi connectivity index (χ3n) is 2.41. The number of hydrogen-bond acceptors (Lipinski definition) is 4. The lowest BCUT2D eigenvalue weighted by Crippen LogP contribution is -2.38. The van der Waals surface area contributed by atoms with Crippen molar-refractivity contribution in [2.45, 2.75) is 26.8 Å². The van der Waals surface area contributed by atoms with Gasteiger partial charge in [-0.1, -0.05) is 12.6 Å². The number of rotatable bonds is 5. The third kappa shape index (κ3) is 5.56. The van der Waals surface area contributed by atoms with E-state index < -0.39 is 12.1 Å². The number of aryl methyl sites for hydroxylation is 2. The van der Waals surface area contributed by atoms with Crippen LogP contribution in [0.4, 0.5) is 4.79 Å². The zero-order chi connectivity index (χ0) is 15.1. The molecule has 5 nitrogen and oxygen atoms in total. The van der Waals surface area contributed by atoms with E-state index in [0.717, 1.165) is 17.2 Å². The smallest absolute Gasteiger partial charge is 0.412 e. The Hall–Kier alpha value is -2.30. The van der Waals surface area contributed by atoms with Crippen LogP contribution in [0.5, 0.6) is 5.75 Å². The molecule has 0 spiro atoms. The predicted octanol–water partition coefficient (Wildman–Crippen LogP) is 2.51. The van der Waals surface area contributed by atoms with Crippen LogP contribution in [-0.2, 0) is 9.53 Å². The van der Waals surface area contributed by atoms with E-state index >= 15 is 0 Å². The van der Waals surface area contributed by atoms with E-state index in [1.54, 1.807) is 19.1 Å². The first kappa shape index (κ1) is 15.8. The lowest BCUT2D eigenvalue weighted by Gasteiger charge is -2.14. The Balaban J connectivity index is 2.46. The average Bonchev–Trinajstić information content (AvgIpc) is 2.34. The molecule has 1 unspecified atom stereocenters. The van der Waals surface area contributed by atoms with Gasteiger partial charge in [0.2, 0.25) is 0 Å². The molecule has 1 aromatic carbocycles. The van der Waals surface area contributed by atoms with E-state index in [-0.39, 0.29) is 12.6 Å². The highest BCUT2D eigenvalue weighted by Crippen LogP contribution is 2.16. The van der Waals surface area contributed by atoms with Crippen LogP contribution in [0.1, 0.15) is 18.1 Å². The molecule has 1 amide bonds. The summed E-state index contributed by atoms with van der Waals surface area (Å²) in [6, 6.07) is 5.18. The van der Waals surface area contributed by atoms with Gasteiger partial charge in [0, 0.05) is 6.08 Å². The van der Waals surface area contributed by atoms with Gasteiger partial charge in [-0.2, -0.15) is 0 Å². The molecule has 0 aromatic heterocycles. The average molecular weight is 277 g/mol. The van der Waals surface area contributed by atoms with Crippen molar-refractivity contribution in [2.24, 2.45) is 0 Å². The maximum absolute atomic E-state index is 11.7. The molecule has 1 rings (SSSR count). The van der Waals surface area contributed by atoms with Crippen LogP contribution in [0.25, 0.3) is 0 Å². The number of nitrogens with one attached hydrogen (secondary N) is 1. The molecule has 0 aliphatic heterocycles. The summed E-state index contributed by atoms with van der Waals surface area (Å²) in [5.74, 6) is -0.0448. The lowest BCUT2D eigenvalue weighted by atomic mass is 10.1. The van der Waals surface area contributed by atoms with Crippen molar-refractivity contribution in [2.75, 3.05) is 6.61 Å². The molecule has 20 heavy (non-hydrogen) atoms. The molecule has 0 aliphatic carbocycles. The van der Waals surface area contributed by atoms with Crippen molar-refractivity contribution in [3.05, 3.63) is 42.0 Å². The van der Waals surface area contributed by atoms with E-state index in [0.29, 0.717) is 5.75 Å². The fourth-order valence-electron chi connectivity index (χ4n) is 1.64. The summed E-state index contributed by atoms with van der Waals surface area (Å²) in [6.45, 7) is 8.91. The minimum atomic E-state index is -0.586. The van der Waals surface area contributed by atoms with Crippen molar-refractivity contribution >= 4 is 12.1 Å². The van der Waals surface area contributed by atoms with Gasteiger partial charge in [0.05, 0.1) is 6.04 Å². The number of hydrogen-bond donors (Lipinski definition) is 1. The molecule has 1 N–H and O–H groups in total. The van der Waals surface area contributed by atoms with Gasteiger partial charge in [0.1, 0.15) is 12.4 Å². The minimum Gasteiger partial charge on any atom is -0.460 e. The Kier molecular flexibility index (Phi) is 5.77. The van der Waals surface area contributed by atoms with Crippen molar-refractivity contribution in [3.8, 4) is 5.75 Å². The van der Waals surface area contributed by atoms with E-state index in [4.69, 9.17) is 9.47 Å². The van der Waals surface area contributed by atoms with Crippen LogP contribution in [0.15, 0.2) is 30.9 Å². The Morgan fingerprint density at radius 2 is 1.90 bits per heavy atom. The monoisotopic (exact) mass is 277 g/mol. The van der Waals surface area contributed by atoms with Crippen LogP contribution >= 0.6 is 0 Å². The van der Waals surface area contributed by atoms with Gasteiger partial charge >= 0.3 is 12.1 Å². The molecular formula is C15H19NO4. The van der Waals surface area contributed by atoms with Gasteiger partial charge < -0.3 is 14.8 Å². The summed E-state index contributed by atoms with van der Waals surface area (Å²) in [6.07, 6.45) is 0.484. The van der Waals surface area contributed by atoms with Gasteiger partial charge in [0.25, 0.3) is 0 Å². The highest BCUT2D eigenvalue weighted by molar-refractivity contribution is 5.81. The molecule has 0 saturated heterocycles. The van der Waals surface area contributed by atoms with Gasteiger partial charge in [0.15, 0.2) is 0 Å². The van der Waals surface area contributed by atoms with Crippen LogP contribution in [0, 0.1) is 13.8 Å². The number of ether oxygens (including phenoxy) is 2. The van der Waals surface area contributed by atoms with Gasteiger partial charge in [-0.3, -0.25) is 0 Å². The number of amides is 1. The highest BCUT2D eigenvalue weighted by atomic mass is 16.6. The van der Waals surface area contributed by atoms with Crippen LogP contribution in [0.2, 0.25) is 0 Å². The molecule has 1 aromatic rings. The Bertz CT molecular complexity index is 490. The molecule has 5 heteroatoms. The van der Waals surface area contributed by atoms with Gasteiger partial charge in [-0.25, -0.2) is 9.59 Å². The molecule has 0 aliphatic rings. The summed E-state index contributed by atoms with van der Waals surface area (Å²) < 4.78 is 9.98. The Morgan fingerprint density at radius 1 is 1.30 bits per heavy atom. The lowest BCUT2D eigenvalue weighted by molar-refractivity contribution is -0.138. The first-order valence-corrected chi connectivity index (χ1v) is 6.26. The van der Waals surface area contributed by atoms with Crippen molar-refractivity contribution in [3.63, 3.8) is 0 Å². The fourth-order valence-corrected chi connectivity index (χ4v) is 1.64.